The minimum Gasteiger partial charge on any atom is -0.343 e. The zero-order chi connectivity index (χ0) is 18.4. The number of anilines is 1. The molecule has 1 fully saturated rings. The SMILES string of the molecule is CCCCC(=O)N1CCC(C(=O)Nc2ccc(C(C)(C)C)cc2)CC1. The highest BCUT2D eigenvalue weighted by Gasteiger charge is 2.27. The van der Waals surface area contributed by atoms with Gasteiger partial charge in [-0.15, -0.1) is 0 Å². The number of likely N-dealkylation sites (tertiary alicyclic amines) is 1. The Balaban J connectivity index is 1.83. The second-order valence-electron chi connectivity index (χ2n) is 8.08. The molecule has 4 nitrogen and oxygen atoms in total. The first-order valence-corrected chi connectivity index (χ1v) is 9.50. The molecule has 0 radical (unpaired) electrons. The van der Waals surface area contributed by atoms with Gasteiger partial charge in [0, 0.05) is 31.1 Å². The van der Waals surface area contributed by atoms with Crippen LogP contribution in [0.3, 0.4) is 0 Å². The highest BCUT2D eigenvalue weighted by molar-refractivity contribution is 5.92. The summed E-state index contributed by atoms with van der Waals surface area (Å²) in [5.74, 6) is 0.306. The molecule has 1 heterocycles. The predicted molar refractivity (Wildman–Crippen MR) is 103 cm³/mol. The van der Waals surface area contributed by atoms with E-state index in [0.717, 1.165) is 31.4 Å². The van der Waals surface area contributed by atoms with Crippen LogP contribution < -0.4 is 5.32 Å². The smallest absolute Gasteiger partial charge is 0.227 e. The summed E-state index contributed by atoms with van der Waals surface area (Å²) >= 11 is 0. The van der Waals surface area contributed by atoms with E-state index in [1.54, 1.807) is 0 Å². The van der Waals surface area contributed by atoms with E-state index in [1.807, 2.05) is 17.0 Å². The van der Waals surface area contributed by atoms with E-state index in [9.17, 15) is 9.59 Å². The molecule has 2 rings (SSSR count). The lowest BCUT2D eigenvalue weighted by molar-refractivity contribution is -0.134. The molecule has 4 heteroatoms. The Morgan fingerprint density at radius 2 is 1.72 bits per heavy atom. The lowest BCUT2D eigenvalue weighted by Gasteiger charge is -2.31. The third kappa shape index (κ3) is 5.58. The first kappa shape index (κ1) is 19.5. The van der Waals surface area contributed by atoms with E-state index >= 15 is 0 Å². The van der Waals surface area contributed by atoms with E-state index in [-0.39, 0.29) is 23.1 Å². The van der Waals surface area contributed by atoms with Gasteiger partial charge in [0.05, 0.1) is 0 Å². The van der Waals surface area contributed by atoms with Crippen molar-refractivity contribution in [2.75, 3.05) is 18.4 Å². The summed E-state index contributed by atoms with van der Waals surface area (Å²) in [4.78, 5) is 26.5. The molecule has 138 valence electrons. The van der Waals surface area contributed by atoms with Gasteiger partial charge in [0.15, 0.2) is 0 Å². The van der Waals surface area contributed by atoms with Gasteiger partial charge in [-0.3, -0.25) is 9.59 Å². The number of hydrogen-bond donors (Lipinski definition) is 1. The molecule has 0 bridgehead atoms. The van der Waals surface area contributed by atoms with Crippen molar-refractivity contribution in [1.29, 1.82) is 0 Å². The number of carbonyl (C=O) groups is 2. The highest BCUT2D eigenvalue weighted by Crippen LogP contribution is 2.25. The fraction of sp³-hybridized carbons (Fsp3) is 0.619. The van der Waals surface area contributed by atoms with Crippen molar-refractivity contribution in [3.8, 4) is 0 Å². The fourth-order valence-electron chi connectivity index (χ4n) is 3.18. The topological polar surface area (TPSA) is 49.4 Å². The molecule has 25 heavy (non-hydrogen) atoms. The second-order valence-corrected chi connectivity index (χ2v) is 8.08. The number of amides is 2. The van der Waals surface area contributed by atoms with Crippen LogP contribution in [0.25, 0.3) is 0 Å². The van der Waals surface area contributed by atoms with Crippen LogP contribution in [0.15, 0.2) is 24.3 Å². The highest BCUT2D eigenvalue weighted by atomic mass is 16.2. The molecular formula is C21H32N2O2. The van der Waals surface area contributed by atoms with Gasteiger partial charge < -0.3 is 10.2 Å². The third-order valence-electron chi connectivity index (χ3n) is 4.98. The molecule has 0 saturated carbocycles. The minimum absolute atomic E-state index is 0.00230. The van der Waals surface area contributed by atoms with Gasteiger partial charge in [-0.05, 0) is 42.4 Å². The van der Waals surface area contributed by atoms with E-state index in [0.29, 0.717) is 19.5 Å². The predicted octanol–water partition coefficient (Wildman–Crippen LogP) is 4.35. The van der Waals surface area contributed by atoms with Crippen LogP contribution in [0.2, 0.25) is 0 Å². The van der Waals surface area contributed by atoms with E-state index in [4.69, 9.17) is 0 Å². The van der Waals surface area contributed by atoms with Crippen LogP contribution in [0.1, 0.15) is 65.4 Å². The first-order chi connectivity index (χ1) is 11.8. The molecule has 1 aliphatic heterocycles. The van der Waals surface area contributed by atoms with Crippen LogP contribution in [0.5, 0.6) is 0 Å². The van der Waals surface area contributed by atoms with Crippen molar-refractivity contribution in [2.45, 2.75) is 65.2 Å². The minimum atomic E-state index is -0.00230. The maximum atomic E-state index is 12.5. The first-order valence-electron chi connectivity index (χ1n) is 9.50. The van der Waals surface area contributed by atoms with Crippen molar-refractivity contribution in [2.24, 2.45) is 5.92 Å². The molecule has 0 unspecified atom stereocenters. The maximum Gasteiger partial charge on any atom is 0.227 e. The van der Waals surface area contributed by atoms with Crippen LogP contribution >= 0.6 is 0 Å². The maximum absolute atomic E-state index is 12.5. The van der Waals surface area contributed by atoms with Crippen molar-refractivity contribution in [1.82, 2.24) is 4.90 Å². The quantitative estimate of drug-likeness (QED) is 0.863. The summed E-state index contributed by atoms with van der Waals surface area (Å²) in [7, 11) is 0. The Bertz CT molecular complexity index is 579. The number of piperidine rings is 1. The Kier molecular flexibility index (Phi) is 6.63. The number of rotatable bonds is 5. The monoisotopic (exact) mass is 344 g/mol. The summed E-state index contributed by atoms with van der Waals surface area (Å²) in [5.41, 5.74) is 2.21. The summed E-state index contributed by atoms with van der Waals surface area (Å²) in [5, 5.41) is 3.03. The summed E-state index contributed by atoms with van der Waals surface area (Å²) in [6.45, 7) is 10.0. The Morgan fingerprint density at radius 3 is 2.24 bits per heavy atom. The van der Waals surface area contributed by atoms with Crippen molar-refractivity contribution < 1.29 is 9.59 Å². The molecular weight excluding hydrogens is 312 g/mol. The van der Waals surface area contributed by atoms with Gasteiger partial charge in [0.1, 0.15) is 0 Å². The Morgan fingerprint density at radius 1 is 1.12 bits per heavy atom. The van der Waals surface area contributed by atoms with Crippen LogP contribution in [0, 0.1) is 5.92 Å². The largest absolute Gasteiger partial charge is 0.343 e. The number of carbonyl (C=O) groups excluding carboxylic acids is 2. The van der Waals surface area contributed by atoms with Crippen molar-refractivity contribution >= 4 is 17.5 Å². The summed E-state index contributed by atoms with van der Waals surface area (Å²) < 4.78 is 0. The Labute approximate surface area is 152 Å². The molecule has 1 aromatic rings. The molecule has 1 saturated heterocycles. The molecule has 0 aromatic heterocycles. The lowest BCUT2D eigenvalue weighted by atomic mass is 9.87. The third-order valence-corrected chi connectivity index (χ3v) is 4.98. The standard InChI is InChI=1S/C21H32N2O2/c1-5-6-7-19(24)23-14-12-16(13-15-23)20(25)22-18-10-8-17(9-11-18)21(2,3)4/h8-11,16H,5-7,12-15H2,1-4H3,(H,22,25). The second kappa shape index (κ2) is 8.50. The average molecular weight is 344 g/mol. The van der Waals surface area contributed by atoms with Gasteiger partial charge >= 0.3 is 0 Å². The number of nitrogens with one attached hydrogen (secondary N) is 1. The van der Waals surface area contributed by atoms with Gasteiger partial charge in [-0.2, -0.15) is 0 Å². The molecule has 1 aromatic carbocycles. The van der Waals surface area contributed by atoms with E-state index in [2.05, 4.69) is 45.1 Å². The lowest BCUT2D eigenvalue weighted by Crippen LogP contribution is -2.41. The molecule has 0 atom stereocenters. The van der Waals surface area contributed by atoms with E-state index in [1.165, 1.54) is 5.56 Å². The van der Waals surface area contributed by atoms with Crippen molar-refractivity contribution in [3.63, 3.8) is 0 Å². The van der Waals surface area contributed by atoms with E-state index < -0.39 is 0 Å². The molecule has 0 spiro atoms. The van der Waals surface area contributed by atoms with Gasteiger partial charge in [-0.25, -0.2) is 0 Å². The van der Waals surface area contributed by atoms with Crippen molar-refractivity contribution in [3.05, 3.63) is 29.8 Å². The van der Waals surface area contributed by atoms with Crippen LogP contribution in [0.4, 0.5) is 5.69 Å². The van der Waals surface area contributed by atoms with Gasteiger partial charge in [-0.1, -0.05) is 46.2 Å². The molecule has 1 aliphatic rings. The zero-order valence-electron chi connectivity index (χ0n) is 16.1. The molecule has 1 N–H and O–H groups in total. The summed E-state index contributed by atoms with van der Waals surface area (Å²) in [6, 6.07) is 8.10. The molecule has 0 aliphatic carbocycles. The normalized spacial score (nSPS) is 15.9. The number of benzene rings is 1. The fourth-order valence-corrected chi connectivity index (χ4v) is 3.18. The van der Waals surface area contributed by atoms with Gasteiger partial charge in [0.2, 0.25) is 11.8 Å². The summed E-state index contributed by atoms with van der Waals surface area (Å²) in [6.07, 6.45) is 4.13. The Hall–Kier alpha value is -1.84. The zero-order valence-corrected chi connectivity index (χ0v) is 16.1. The average Bonchev–Trinajstić information content (AvgIpc) is 2.59. The number of unbranched alkanes of at least 4 members (excludes halogenated alkanes) is 1. The van der Waals surface area contributed by atoms with Crippen LogP contribution in [-0.2, 0) is 15.0 Å². The van der Waals surface area contributed by atoms with Crippen LogP contribution in [-0.4, -0.2) is 29.8 Å². The molecule has 2 amide bonds. The van der Waals surface area contributed by atoms with Gasteiger partial charge in [0.25, 0.3) is 0 Å². The number of hydrogen-bond acceptors (Lipinski definition) is 2. The number of nitrogens with zero attached hydrogens (tertiary/aromatic N) is 1.